The highest BCUT2D eigenvalue weighted by molar-refractivity contribution is 7.20. The van der Waals surface area contributed by atoms with Crippen molar-refractivity contribution >= 4 is 44.7 Å². The van der Waals surface area contributed by atoms with Crippen LogP contribution in [0.3, 0.4) is 0 Å². The van der Waals surface area contributed by atoms with Crippen molar-refractivity contribution in [2.75, 3.05) is 26.4 Å². The average Bonchev–Trinajstić information content (AvgIpc) is 3.08. The standard InChI is InChI=1S/C19H23ClN2O2S/c1-4-24-17(23)11-21-10-15(22(12-21)9-13(2)3)19-18(20)14-7-5-6-8-16(14)25-19/h5-8,10,13H,4,9,11-12H2,1-3H3. The number of thiophene rings is 1. The summed E-state index contributed by atoms with van der Waals surface area (Å²) in [6.45, 7) is 8.46. The predicted octanol–water partition coefficient (Wildman–Crippen LogP) is 4.65. The van der Waals surface area contributed by atoms with E-state index in [1.165, 1.54) is 4.70 Å². The van der Waals surface area contributed by atoms with Gasteiger partial charge >= 0.3 is 5.97 Å². The molecule has 2 aromatic rings. The molecule has 1 aliphatic heterocycles. The Morgan fingerprint density at radius 2 is 2.12 bits per heavy atom. The van der Waals surface area contributed by atoms with E-state index < -0.39 is 0 Å². The van der Waals surface area contributed by atoms with Gasteiger partial charge in [-0.05, 0) is 18.9 Å². The summed E-state index contributed by atoms with van der Waals surface area (Å²) >= 11 is 8.37. The number of ether oxygens (including phenoxy) is 1. The summed E-state index contributed by atoms with van der Waals surface area (Å²) in [4.78, 5) is 17.2. The summed E-state index contributed by atoms with van der Waals surface area (Å²) in [5.74, 6) is 0.311. The van der Waals surface area contributed by atoms with Crippen molar-refractivity contribution in [2.45, 2.75) is 20.8 Å². The van der Waals surface area contributed by atoms with E-state index in [1.54, 1.807) is 11.3 Å². The second-order valence-electron chi connectivity index (χ2n) is 6.57. The molecular weight excluding hydrogens is 356 g/mol. The zero-order chi connectivity index (χ0) is 18.0. The van der Waals surface area contributed by atoms with Gasteiger partial charge in [0.2, 0.25) is 0 Å². The van der Waals surface area contributed by atoms with Crippen molar-refractivity contribution in [3.8, 4) is 0 Å². The molecule has 1 aliphatic rings. The SMILES string of the molecule is CCOC(=O)CN1C=C(c2sc3ccccc3c2Cl)N(CC(C)C)C1. The maximum atomic E-state index is 11.8. The van der Waals surface area contributed by atoms with Crippen LogP contribution in [-0.2, 0) is 9.53 Å². The van der Waals surface area contributed by atoms with Crippen LogP contribution < -0.4 is 0 Å². The number of esters is 1. The summed E-state index contributed by atoms with van der Waals surface area (Å²) in [6, 6.07) is 8.18. The zero-order valence-corrected chi connectivity index (χ0v) is 16.4. The Bertz CT molecular complexity index is 800. The molecule has 4 nitrogen and oxygen atoms in total. The first-order valence-corrected chi connectivity index (χ1v) is 9.72. The highest BCUT2D eigenvalue weighted by atomic mass is 35.5. The molecule has 0 N–H and O–H groups in total. The van der Waals surface area contributed by atoms with Gasteiger partial charge in [0.1, 0.15) is 6.54 Å². The molecule has 6 heteroatoms. The van der Waals surface area contributed by atoms with E-state index in [-0.39, 0.29) is 12.5 Å². The zero-order valence-electron chi connectivity index (χ0n) is 14.8. The van der Waals surface area contributed by atoms with Crippen molar-refractivity contribution in [2.24, 2.45) is 5.92 Å². The Morgan fingerprint density at radius 3 is 2.80 bits per heavy atom. The third-order valence-electron chi connectivity index (χ3n) is 3.99. The minimum atomic E-state index is -0.202. The highest BCUT2D eigenvalue weighted by Crippen LogP contribution is 2.42. The van der Waals surface area contributed by atoms with Gasteiger partial charge in [0.15, 0.2) is 0 Å². The molecule has 0 bridgehead atoms. The lowest BCUT2D eigenvalue weighted by Gasteiger charge is -2.25. The fraction of sp³-hybridized carbons (Fsp3) is 0.421. The predicted molar refractivity (Wildman–Crippen MR) is 105 cm³/mol. The molecule has 1 aromatic carbocycles. The van der Waals surface area contributed by atoms with Crippen molar-refractivity contribution in [3.05, 3.63) is 40.4 Å². The second kappa shape index (κ2) is 7.67. The summed E-state index contributed by atoms with van der Waals surface area (Å²) < 4.78 is 6.26. The van der Waals surface area contributed by atoms with Gasteiger partial charge in [-0.1, -0.05) is 43.6 Å². The lowest BCUT2D eigenvalue weighted by atomic mass is 10.2. The van der Waals surface area contributed by atoms with Gasteiger partial charge in [0.05, 0.1) is 28.9 Å². The van der Waals surface area contributed by atoms with Crippen LogP contribution in [0.1, 0.15) is 25.6 Å². The Balaban J connectivity index is 1.93. The van der Waals surface area contributed by atoms with E-state index in [1.807, 2.05) is 30.2 Å². The Morgan fingerprint density at radius 1 is 1.36 bits per heavy atom. The minimum Gasteiger partial charge on any atom is -0.465 e. The molecule has 0 saturated heterocycles. The number of carbonyl (C=O) groups excluding carboxylic acids is 1. The van der Waals surface area contributed by atoms with Crippen LogP contribution in [-0.4, -0.2) is 42.1 Å². The largest absolute Gasteiger partial charge is 0.465 e. The Kier molecular flexibility index (Phi) is 5.54. The number of halogens is 1. The van der Waals surface area contributed by atoms with Crippen LogP contribution in [0, 0.1) is 5.92 Å². The number of hydrogen-bond acceptors (Lipinski definition) is 5. The van der Waals surface area contributed by atoms with Gasteiger partial charge in [-0.15, -0.1) is 11.3 Å². The first-order chi connectivity index (χ1) is 12.0. The van der Waals surface area contributed by atoms with Gasteiger partial charge in [0.25, 0.3) is 0 Å². The van der Waals surface area contributed by atoms with E-state index >= 15 is 0 Å². The molecule has 0 spiro atoms. The number of carbonyl (C=O) groups is 1. The Hall–Kier alpha value is -1.72. The first kappa shape index (κ1) is 18.1. The number of fused-ring (bicyclic) bond motifs is 1. The molecule has 134 valence electrons. The van der Waals surface area contributed by atoms with E-state index in [9.17, 15) is 4.79 Å². The van der Waals surface area contributed by atoms with Crippen LogP contribution >= 0.6 is 22.9 Å². The molecule has 0 saturated carbocycles. The number of rotatable bonds is 6. The summed E-state index contributed by atoms with van der Waals surface area (Å²) in [5.41, 5.74) is 1.09. The molecule has 0 aliphatic carbocycles. The molecule has 0 radical (unpaired) electrons. The number of nitrogens with zero attached hydrogens (tertiary/aromatic N) is 2. The van der Waals surface area contributed by atoms with Crippen LogP contribution in [0.4, 0.5) is 0 Å². The topological polar surface area (TPSA) is 32.8 Å². The Labute approximate surface area is 157 Å². The smallest absolute Gasteiger partial charge is 0.325 e. The lowest BCUT2D eigenvalue weighted by molar-refractivity contribution is -0.143. The molecule has 25 heavy (non-hydrogen) atoms. The van der Waals surface area contributed by atoms with E-state index in [0.29, 0.717) is 19.2 Å². The maximum absolute atomic E-state index is 11.8. The van der Waals surface area contributed by atoms with E-state index in [0.717, 1.165) is 27.5 Å². The van der Waals surface area contributed by atoms with Crippen molar-refractivity contribution in [1.82, 2.24) is 9.80 Å². The molecule has 0 atom stereocenters. The molecule has 2 heterocycles. The van der Waals surface area contributed by atoms with Crippen LogP contribution in [0.5, 0.6) is 0 Å². The molecule has 1 aromatic heterocycles. The van der Waals surface area contributed by atoms with E-state index in [4.69, 9.17) is 16.3 Å². The first-order valence-electron chi connectivity index (χ1n) is 8.53. The molecule has 0 fully saturated rings. The van der Waals surface area contributed by atoms with Crippen LogP contribution in [0.2, 0.25) is 5.02 Å². The minimum absolute atomic E-state index is 0.202. The third-order valence-corrected chi connectivity index (χ3v) is 5.69. The van der Waals surface area contributed by atoms with Crippen molar-refractivity contribution in [1.29, 1.82) is 0 Å². The normalized spacial score (nSPS) is 14.5. The van der Waals surface area contributed by atoms with Crippen LogP contribution in [0.15, 0.2) is 30.5 Å². The summed E-state index contributed by atoms with van der Waals surface area (Å²) in [5, 5.41) is 1.87. The highest BCUT2D eigenvalue weighted by Gasteiger charge is 2.27. The van der Waals surface area contributed by atoms with Gasteiger partial charge in [-0.25, -0.2) is 0 Å². The van der Waals surface area contributed by atoms with Gasteiger partial charge in [-0.2, -0.15) is 0 Å². The van der Waals surface area contributed by atoms with Crippen LogP contribution in [0.25, 0.3) is 15.8 Å². The fourth-order valence-corrected chi connectivity index (χ4v) is 4.60. The van der Waals surface area contributed by atoms with Crippen molar-refractivity contribution in [3.63, 3.8) is 0 Å². The lowest BCUT2D eigenvalue weighted by Crippen LogP contribution is -2.32. The summed E-state index contributed by atoms with van der Waals surface area (Å²) in [7, 11) is 0. The number of benzene rings is 1. The quantitative estimate of drug-likeness (QED) is 0.685. The third kappa shape index (κ3) is 3.93. The monoisotopic (exact) mass is 378 g/mol. The molecular formula is C19H23ClN2O2S. The average molecular weight is 379 g/mol. The van der Waals surface area contributed by atoms with E-state index in [2.05, 4.69) is 30.9 Å². The maximum Gasteiger partial charge on any atom is 0.325 e. The number of hydrogen-bond donors (Lipinski definition) is 0. The molecule has 0 unspecified atom stereocenters. The van der Waals surface area contributed by atoms with Gasteiger partial charge in [-0.3, -0.25) is 4.79 Å². The molecule has 3 rings (SSSR count). The second-order valence-corrected chi connectivity index (χ2v) is 8.00. The fourth-order valence-electron chi connectivity index (χ4n) is 3.04. The summed E-state index contributed by atoms with van der Waals surface area (Å²) in [6.07, 6.45) is 2.04. The van der Waals surface area contributed by atoms with Gasteiger partial charge in [0, 0.05) is 22.8 Å². The molecule has 0 amide bonds. The van der Waals surface area contributed by atoms with Crippen molar-refractivity contribution < 1.29 is 9.53 Å². The van der Waals surface area contributed by atoms with Gasteiger partial charge < -0.3 is 14.5 Å².